The molecule has 0 saturated carbocycles. The lowest BCUT2D eigenvalue weighted by Crippen LogP contribution is -1.99. The lowest BCUT2D eigenvalue weighted by molar-refractivity contribution is 1.00. The standard InChI is InChI=1S/C37H25N5/c1-24-39-31-19-18-26(21-36(31)40(24)25-11-3-2-4-12-25)41-32-15-7-5-13-27(32)29-22-30-28-14-6-8-16-33(28)42(35(30)23-34(29)41)37-17-9-10-20-38-37/h2-23H,1H3. The van der Waals surface area contributed by atoms with E-state index >= 15 is 0 Å². The zero-order chi connectivity index (χ0) is 27.8. The zero-order valence-corrected chi connectivity index (χ0v) is 22.9. The molecule has 5 heteroatoms. The minimum Gasteiger partial charge on any atom is -0.309 e. The summed E-state index contributed by atoms with van der Waals surface area (Å²) in [5.74, 6) is 1.88. The molecule has 5 nitrogen and oxygen atoms in total. The van der Waals surface area contributed by atoms with E-state index in [0.29, 0.717) is 0 Å². The van der Waals surface area contributed by atoms with Crippen LogP contribution >= 0.6 is 0 Å². The molecule has 42 heavy (non-hydrogen) atoms. The van der Waals surface area contributed by atoms with Gasteiger partial charge in [-0.25, -0.2) is 9.97 Å². The predicted molar refractivity (Wildman–Crippen MR) is 172 cm³/mol. The van der Waals surface area contributed by atoms with Crippen molar-refractivity contribution in [1.29, 1.82) is 0 Å². The third-order valence-corrected chi connectivity index (χ3v) is 8.42. The minimum absolute atomic E-state index is 0.911. The predicted octanol–water partition coefficient (Wildman–Crippen LogP) is 8.92. The molecule has 5 aromatic carbocycles. The van der Waals surface area contributed by atoms with Crippen molar-refractivity contribution >= 4 is 54.6 Å². The van der Waals surface area contributed by atoms with Crippen LogP contribution in [0.5, 0.6) is 0 Å². The summed E-state index contributed by atoms with van der Waals surface area (Å²) in [5.41, 5.74) is 8.91. The first-order chi connectivity index (χ1) is 20.8. The van der Waals surface area contributed by atoms with Crippen molar-refractivity contribution in [2.75, 3.05) is 0 Å². The second kappa shape index (κ2) is 8.66. The van der Waals surface area contributed by atoms with Gasteiger partial charge in [0.1, 0.15) is 11.6 Å². The van der Waals surface area contributed by atoms with Gasteiger partial charge in [0, 0.05) is 39.1 Å². The Hall–Kier alpha value is -5.68. The van der Waals surface area contributed by atoms with Gasteiger partial charge in [0.2, 0.25) is 0 Å². The molecule has 4 heterocycles. The van der Waals surface area contributed by atoms with Crippen molar-refractivity contribution in [2.24, 2.45) is 0 Å². The fraction of sp³-hybridized carbons (Fsp3) is 0.0270. The van der Waals surface area contributed by atoms with E-state index in [9.17, 15) is 0 Å². The molecule has 9 rings (SSSR count). The molecular formula is C37H25N5. The number of aromatic nitrogens is 5. The summed E-state index contributed by atoms with van der Waals surface area (Å²) in [6.45, 7) is 2.07. The van der Waals surface area contributed by atoms with Crippen LogP contribution in [-0.2, 0) is 0 Å². The van der Waals surface area contributed by atoms with Gasteiger partial charge in [-0.1, -0.05) is 60.7 Å². The first-order valence-electron chi connectivity index (χ1n) is 14.2. The van der Waals surface area contributed by atoms with Gasteiger partial charge < -0.3 is 4.57 Å². The molecule has 9 aromatic rings. The Bertz CT molecular complexity index is 2460. The molecule has 0 unspecified atom stereocenters. The smallest absolute Gasteiger partial charge is 0.137 e. The van der Waals surface area contributed by atoms with Gasteiger partial charge in [0.25, 0.3) is 0 Å². The minimum atomic E-state index is 0.911. The first-order valence-corrected chi connectivity index (χ1v) is 14.2. The van der Waals surface area contributed by atoms with Crippen molar-refractivity contribution in [3.8, 4) is 17.2 Å². The number of imidazole rings is 1. The number of para-hydroxylation sites is 3. The number of hydrogen-bond acceptors (Lipinski definition) is 2. The third-order valence-electron chi connectivity index (χ3n) is 8.42. The van der Waals surface area contributed by atoms with Gasteiger partial charge in [0.15, 0.2) is 0 Å². The number of aryl methyl sites for hydroxylation is 1. The van der Waals surface area contributed by atoms with Gasteiger partial charge in [0.05, 0.1) is 33.1 Å². The first kappa shape index (κ1) is 23.1. The molecule has 4 aromatic heterocycles. The van der Waals surface area contributed by atoms with Crippen molar-refractivity contribution in [3.63, 3.8) is 0 Å². The Balaban J connectivity index is 1.40. The Morgan fingerprint density at radius 3 is 1.86 bits per heavy atom. The molecule has 0 radical (unpaired) electrons. The number of rotatable bonds is 3. The van der Waals surface area contributed by atoms with Crippen LogP contribution in [0.2, 0.25) is 0 Å². The van der Waals surface area contributed by atoms with Crippen LogP contribution in [-0.4, -0.2) is 23.7 Å². The zero-order valence-electron chi connectivity index (χ0n) is 22.9. The van der Waals surface area contributed by atoms with Crippen LogP contribution in [0.25, 0.3) is 71.8 Å². The lowest BCUT2D eigenvalue weighted by Gasteiger charge is -2.11. The maximum Gasteiger partial charge on any atom is 0.137 e. The molecule has 0 aliphatic rings. The van der Waals surface area contributed by atoms with Crippen molar-refractivity contribution < 1.29 is 0 Å². The van der Waals surface area contributed by atoms with E-state index in [-0.39, 0.29) is 0 Å². The van der Waals surface area contributed by atoms with Crippen molar-refractivity contribution in [2.45, 2.75) is 6.92 Å². The number of fused-ring (bicyclic) bond motifs is 7. The maximum atomic E-state index is 4.89. The van der Waals surface area contributed by atoms with Gasteiger partial charge in [-0.2, -0.15) is 0 Å². The quantitative estimate of drug-likeness (QED) is 0.225. The Morgan fingerprint density at radius 2 is 1.12 bits per heavy atom. The van der Waals surface area contributed by atoms with Gasteiger partial charge in [-0.3, -0.25) is 9.13 Å². The number of hydrogen-bond donors (Lipinski definition) is 0. The van der Waals surface area contributed by atoms with E-state index < -0.39 is 0 Å². The summed E-state index contributed by atoms with van der Waals surface area (Å²) in [7, 11) is 0. The summed E-state index contributed by atoms with van der Waals surface area (Å²) in [6.07, 6.45) is 1.86. The van der Waals surface area contributed by atoms with E-state index in [2.05, 4.69) is 130 Å². The fourth-order valence-corrected chi connectivity index (χ4v) is 6.67. The molecule has 0 aliphatic carbocycles. The maximum absolute atomic E-state index is 4.89. The molecular weight excluding hydrogens is 514 g/mol. The van der Waals surface area contributed by atoms with Crippen LogP contribution in [0.4, 0.5) is 0 Å². The summed E-state index contributed by atoms with van der Waals surface area (Å²) in [4.78, 5) is 9.64. The van der Waals surface area contributed by atoms with E-state index in [4.69, 9.17) is 9.97 Å². The summed E-state index contributed by atoms with van der Waals surface area (Å²) >= 11 is 0. The topological polar surface area (TPSA) is 40.6 Å². The van der Waals surface area contributed by atoms with Crippen LogP contribution in [0, 0.1) is 6.92 Å². The summed E-state index contributed by atoms with van der Waals surface area (Å²) < 4.78 is 6.91. The molecule has 0 bridgehead atoms. The lowest BCUT2D eigenvalue weighted by atomic mass is 10.1. The SMILES string of the molecule is Cc1nc2ccc(-n3c4ccccc4c4cc5c6ccccc6n(-c6ccccn6)c5cc43)cc2n1-c1ccccc1. The largest absolute Gasteiger partial charge is 0.309 e. The molecule has 0 amide bonds. The summed E-state index contributed by atoms with van der Waals surface area (Å²) in [5, 5.41) is 4.91. The Kier molecular flexibility index (Phi) is 4.75. The molecule has 0 aliphatic heterocycles. The second-order valence-corrected chi connectivity index (χ2v) is 10.8. The Morgan fingerprint density at radius 1 is 0.452 bits per heavy atom. The highest BCUT2D eigenvalue weighted by Crippen LogP contribution is 2.39. The van der Waals surface area contributed by atoms with Crippen molar-refractivity contribution in [3.05, 3.63) is 139 Å². The Labute approximate surface area is 241 Å². The second-order valence-electron chi connectivity index (χ2n) is 10.8. The molecule has 0 saturated heterocycles. The average molecular weight is 540 g/mol. The third kappa shape index (κ3) is 3.19. The van der Waals surface area contributed by atoms with Gasteiger partial charge >= 0.3 is 0 Å². The van der Waals surface area contributed by atoms with Crippen LogP contribution in [0.3, 0.4) is 0 Å². The van der Waals surface area contributed by atoms with Crippen LogP contribution in [0.15, 0.2) is 134 Å². The van der Waals surface area contributed by atoms with E-state index in [1.54, 1.807) is 0 Å². The highest BCUT2D eigenvalue weighted by Gasteiger charge is 2.19. The molecule has 0 atom stereocenters. The number of pyridine rings is 1. The number of benzene rings is 5. The molecule has 0 fully saturated rings. The van der Waals surface area contributed by atoms with E-state index in [1.165, 1.54) is 27.1 Å². The van der Waals surface area contributed by atoms with Crippen LogP contribution < -0.4 is 0 Å². The fourth-order valence-electron chi connectivity index (χ4n) is 6.67. The van der Waals surface area contributed by atoms with E-state index in [0.717, 1.165) is 50.6 Å². The normalized spacial score (nSPS) is 11.9. The summed E-state index contributed by atoms with van der Waals surface area (Å²) in [6, 6.07) is 45.2. The average Bonchev–Trinajstić information content (AvgIpc) is 3.66. The molecule has 0 N–H and O–H groups in total. The highest BCUT2D eigenvalue weighted by atomic mass is 15.1. The highest BCUT2D eigenvalue weighted by molar-refractivity contribution is 6.19. The number of nitrogens with zero attached hydrogens (tertiary/aromatic N) is 5. The monoisotopic (exact) mass is 539 g/mol. The van der Waals surface area contributed by atoms with Gasteiger partial charge in [-0.15, -0.1) is 0 Å². The van der Waals surface area contributed by atoms with Crippen molar-refractivity contribution in [1.82, 2.24) is 23.7 Å². The molecule has 198 valence electrons. The van der Waals surface area contributed by atoms with Crippen LogP contribution in [0.1, 0.15) is 5.82 Å². The van der Waals surface area contributed by atoms with E-state index in [1.807, 2.05) is 24.4 Å². The van der Waals surface area contributed by atoms with Gasteiger partial charge in [-0.05, 0) is 73.7 Å². The molecule has 0 spiro atoms.